The first-order valence-electron chi connectivity index (χ1n) is 7.57. The van der Waals surface area contributed by atoms with Gasteiger partial charge in [0.25, 0.3) is 5.91 Å². The van der Waals surface area contributed by atoms with Crippen LogP contribution in [0.1, 0.15) is 28.8 Å². The molecular formula is C15H23N5O3S. The van der Waals surface area contributed by atoms with Crippen LogP contribution in [0, 0.1) is 19.8 Å². The van der Waals surface area contributed by atoms with Crippen LogP contribution in [0.2, 0.25) is 0 Å². The molecule has 2 heterocycles. The molecule has 0 aromatic carbocycles. The van der Waals surface area contributed by atoms with Gasteiger partial charge in [-0.25, -0.2) is 13.1 Å². The van der Waals surface area contributed by atoms with Crippen molar-refractivity contribution in [3.63, 3.8) is 0 Å². The number of hydrogen-bond acceptors (Lipinski definition) is 4. The monoisotopic (exact) mass is 353 g/mol. The van der Waals surface area contributed by atoms with E-state index in [9.17, 15) is 13.2 Å². The van der Waals surface area contributed by atoms with E-state index in [2.05, 4.69) is 9.82 Å². The van der Waals surface area contributed by atoms with E-state index in [1.807, 2.05) is 31.5 Å². The molecule has 0 aliphatic carbocycles. The summed E-state index contributed by atoms with van der Waals surface area (Å²) >= 11 is 0. The molecule has 0 radical (unpaired) electrons. The zero-order valence-corrected chi connectivity index (χ0v) is 15.1. The Hall–Kier alpha value is -2.13. The summed E-state index contributed by atoms with van der Waals surface area (Å²) in [6, 6.07) is 3.25. The molecule has 3 N–H and O–H groups in total. The van der Waals surface area contributed by atoms with Gasteiger partial charge in [-0.1, -0.05) is 6.92 Å². The molecule has 2 aromatic rings. The molecule has 132 valence electrons. The Bertz CT molecular complexity index is 851. The summed E-state index contributed by atoms with van der Waals surface area (Å²) in [5.41, 5.74) is 7.33. The summed E-state index contributed by atoms with van der Waals surface area (Å²) in [5, 5.41) is 4.37. The number of aryl methyl sites for hydroxylation is 3. The van der Waals surface area contributed by atoms with Crippen molar-refractivity contribution < 1.29 is 13.2 Å². The Morgan fingerprint density at radius 3 is 2.54 bits per heavy atom. The fourth-order valence-corrected chi connectivity index (χ4v) is 3.72. The lowest BCUT2D eigenvalue weighted by molar-refractivity contribution is 0.0992. The third-order valence-electron chi connectivity index (χ3n) is 3.75. The number of nitrogens with zero attached hydrogens (tertiary/aromatic N) is 3. The summed E-state index contributed by atoms with van der Waals surface area (Å²) < 4.78 is 30.5. The molecule has 2 aromatic heterocycles. The van der Waals surface area contributed by atoms with Crippen molar-refractivity contribution in [3.8, 4) is 0 Å². The van der Waals surface area contributed by atoms with Gasteiger partial charge in [-0.05, 0) is 31.9 Å². The number of carbonyl (C=O) groups excluding carboxylic acids is 1. The highest BCUT2D eigenvalue weighted by atomic mass is 32.2. The summed E-state index contributed by atoms with van der Waals surface area (Å²) in [7, 11) is -2.12. The minimum atomic E-state index is -3.70. The van der Waals surface area contributed by atoms with Gasteiger partial charge in [0, 0.05) is 32.0 Å². The van der Waals surface area contributed by atoms with Crippen LogP contribution in [0.5, 0.6) is 0 Å². The van der Waals surface area contributed by atoms with E-state index in [0.29, 0.717) is 6.54 Å². The van der Waals surface area contributed by atoms with E-state index in [1.54, 1.807) is 7.05 Å². The van der Waals surface area contributed by atoms with Crippen molar-refractivity contribution in [2.45, 2.75) is 32.2 Å². The lowest BCUT2D eigenvalue weighted by atomic mass is 10.2. The summed E-state index contributed by atoms with van der Waals surface area (Å²) in [6.07, 6.45) is 1.37. The van der Waals surface area contributed by atoms with Crippen LogP contribution in [-0.2, 0) is 23.6 Å². The second-order valence-corrected chi connectivity index (χ2v) is 7.87. The lowest BCUT2D eigenvalue weighted by Crippen LogP contribution is -2.30. The van der Waals surface area contributed by atoms with E-state index in [0.717, 1.165) is 11.4 Å². The highest BCUT2D eigenvalue weighted by molar-refractivity contribution is 7.89. The van der Waals surface area contributed by atoms with Crippen LogP contribution >= 0.6 is 0 Å². The maximum absolute atomic E-state index is 12.3. The Balaban J connectivity index is 2.03. The second kappa shape index (κ2) is 6.78. The lowest BCUT2D eigenvalue weighted by Gasteiger charge is -2.13. The highest BCUT2D eigenvalue weighted by Crippen LogP contribution is 2.14. The van der Waals surface area contributed by atoms with Crippen molar-refractivity contribution in [1.82, 2.24) is 19.1 Å². The Kier molecular flexibility index (Phi) is 5.14. The zero-order valence-electron chi connectivity index (χ0n) is 14.3. The Labute approximate surface area is 141 Å². The van der Waals surface area contributed by atoms with Crippen LogP contribution in [0.3, 0.4) is 0 Å². The molecule has 1 unspecified atom stereocenters. The number of primary amides is 1. The van der Waals surface area contributed by atoms with Gasteiger partial charge < -0.3 is 10.3 Å². The molecular weight excluding hydrogens is 330 g/mol. The van der Waals surface area contributed by atoms with E-state index in [-0.39, 0.29) is 23.1 Å². The minimum Gasteiger partial charge on any atom is -0.364 e. The van der Waals surface area contributed by atoms with Crippen LogP contribution in [0.15, 0.2) is 23.2 Å². The second-order valence-electron chi connectivity index (χ2n) is 6.10. The molecule has 2 rings (SSSR count). The number of hydrogen-bond donors (Lipinski definition) is 2. The predicted octanol–water partition coefficient (Wildman–Crippen LogP) is 0.552. The van der Waals surface area contributed by atoms with Crippen molar-refractivity contribution >= 4 is 15.9 Å². The molecule has 0 saturated carbocycles. The molecule has 0 spiro atoms. The summed E-state index contributed by atoms with van der Waals surface area (Å²) in [5.74, 6) is -0.617. The summed E-state index contributed by atoms with van der Waals surface area (Å²) in [6.45, 7) is 6.71. The van der Waals surface area contributed by atoms with Crippen molar-refractivity contribution in [3.05, 3.63) is 35.4 Å². The summed E-state index contributed by atoms with van der Waals surface area (Å²) in [4.78, 5) is 11.3. The molecule has 0 aliphatic rings. The van der Waals surface area contributed by atoms with Gasteiger partial charge in [-0.2, -0.15) is 5.10 Å². The van der Waals surface area contributed by atoms with Gasteiger partial charge in [0.15, 0.2) is 0 Å². The Morgan fingerprint density at radius 1 is 1.38 bits per heavy atom. The van der Waals surface area contributed by atoms with Gasteiger partial charge in [-0.15, -0.1) is 0 Å². The molecule has 0 fully saturated rings. The molecule has 0 aliphatic heterocycles. The number of sulfonamides is 1. The number of amides is 1. The molecule has 1 amide bonds. The number of nitrogens with one attached hydrogen (secondary N) is 1. The molecule has 1 atom stereocenters. The first-order valence-corrected chi connectivity index (χ1v) is 9.05. The average molecular weight is 353 g/mol. The van der Waals surface area contributed by atoms with Gasteiger partial charge in [0.1, 0.15) is 10.6 Å². The van der Waals surface area contributed by atoms with E-state index < -0.39 is 15.9 Å². The quantitative estimate of drug-likeness (QED) is 0.757. The highest BCUT2D eigenvalue weighted by Gasteiger charge is 2.20. The van der Waals surface area contributed by atoms with Crippen LogP contribution in [0.25, 0.3) is 0 Å². The van der Waals surface area contributed by atoms with E-state index in [1.165, 1.54) is 16.8 Å². The molecule has 9 heteroatoms. The van der Waals surface area contributed by atoms with E-state index >= 15 is 0 Å². The van der Waals surface area contributed by atoms with Crippen molar-refractivity contribution in [1.29, 1.82) is 0 Å². The first-order chi connectivity index (χ1) is 11.1. The van der Waals surface area contributed by atoms with Crippen LogP contribution in [-0.4, -0.2) is 35.2 Å². The topological polar surface area (TPSA) is 112 Å². The average Bonchev–Trinajstić information content (AvgIpc) is 3.00. The number of aromatic nitrogens is 3. The Morgan fingerprint density at radius 2 is 2.04 bits per heavy atom. The van der Waals surface area contributed by atoms with Crippen molar-refractivity contribution in [2.75, 3.05) is 6.54 Å². The molecule has 24 heavy (non-hydrogen) atoms. The number of nitrogens with two attached hydrogens (primary N) is 1. The SMILES string of the molecule is Cc1cc(C)n(CC(C)CNS(=O)(=O)c2cc(C(N)=O)n(C)c2)n1. The fraction of sp³-hybridized carbons (Fsp3) is 0.467. The first kappa shape index (κ1) is 18.2. The van der Waals surface area contributed by atoms with Crippen molar-refractivity contribution in [2.24, 2.45) is 18.7 Å². The van der Waals surface area contributed by atoms with Crippen LogP contribution < -0.4 is 10.5 Å². The van der Waals surface area contributed by atoms with Gasteiger partial charge >= 0.3 is 0 Å². The van der Waals surface area contributed by atoms with E-state index in [4.69, 9.17) is 5.73 Å². The van der Waals surface area contributed by atoms with Gasteiger partial charge in [0.2, 0.25) is 10.0 Å². The third kappa shape index (κ3) is 4.04. The van der Waals surface area contributed by atoms with Gasteiger partial charge in [-0.3, -0.25) is 9.48 Å². The number of carbonyl (C=O) groups is 1. The maximum atomic E-state index is 12.3. The molecule has 0 saturated heterocycles. The third-order valence-corrected chi connectivity index (χ3v) is 5.14. The number of rotatable bonds is 7. The van der Waals surface area contributed by atoms with Gasteiger partial charge in [0.05, 0.1) is 5.69 Å². The maximum Gasteiger partial charge on any atom is 0.265 e. The normalized spacial score (nSPS) is 13.2. The largest absolute Gasteiger partial charge is 0.364 e. The smallest absolute Gasteiger partial charge is 0.265 e. The predicted molar refractivity (Wildman–Crippen MR) is 90.0 cm³/mol. The molecule has 8 nitrogen and oxygen atoms in total. The van der Waals surface area contributed by atoms with Crippen LogP contribution in [0.4, 0.5) is 0 Å². The standard InChI is InChI=1S/C15H23N5O3S/c1-10(8-20-12(3)5-11(2)18-20)7-17-24(22,23)13-6-14(15(16)21)19(4)9-13/h5-6,9-10,17H,7-8H2,1-4H3,(H2,16,21). The molecule has 0 bridgehead atoms. The minimum absolute atomic E-state index is 0.0251. The fourth-order valence-electron chi connectivity index (χ4n) is 2.48. The zero-order chi connectivity index (χ0) is 18.1.